The summed E-state index contributed by atoms with van der Waals surface area (Å²) in [5, 5.41) is 69.3. The fraction of sp³-hybridized carbons (Fsp3) is 0.667. The number of hydrogen-bond donors (Lipinski definition) is 7. The van der Waals surface area contributed by atoms with E-state index in [0.717, 1.165) is 72.3 Å². The number of primary amides is 1. The molecule has 0 bridgehead atoms. The van der Waals surface area contributed by atoms with Crippen LogP contribution in [0.1, 0.15) is 99.9 Å². The minimum Gasteiger partial charge on any atom is -0.851 e. The van der Waals surface area contributed by atoms with E-state index in [0.29, 0.717) is 50.4 Å². The lowest BCUT2D eigenvalue weighted by molar-refractivity contribution is -0.784. The van der Waals surface area contributed by atoms with Crippen molar-refractivity contribution in [3.8, 4) is 0 Å². The predicted octanol–water partition coefficient (Wildman–Crippen LogP) is -4.78. The average molecular weight is 1150 g/mol. The second kappa shape index (κ2) is 28.4. The zero-order valence-electron chi connectivity index (χ0n) is 42.2. The first kappa shape index (κ1) is 60.7. The fourth-order valence-corrected chi connectivity index (χ4v) is 12.7. The summed E-state index contributed by atoms with van der Waals surface area (Å²) in [5.41, 5.74) is 5.45. The zero-order valence-corrected chi connectivity index (χ0v) is 44.8. The number of unbranched alkanes of at least 4 members (excludes halogenated alkanes) is 5. The van der Waals surface area contributed by atoms with Crippen LogP contribution in [0.3, 0.4) is 0 Å². The number of nitrogens with one attached hydrogen (secondary N) is 6. The number of rotatable bonds is 32. The third-order valence-corrected chi connectivity index (χ3v) is 17.3. The van der Waals surface area contributed by atoms with E-state index in [9.17, 15) is 63.3 Å². The van der Waals surface area contributed by atoms with Crippen molar-refractivity contribution in [3.05, 3.63) is 42.7 Å². The molecule has 78 heavy (non-hydrogen) atoms. The van der Waals surface area contributed by atoms with Gasteiger partial charge in [-0.2, -0.15) is 16.3 Å². The number of thioether (sulfide) groups is 1. The van der Waals surface area contributed by atoms with Crippen LogP contribution in [-0.2, 0) is 46.3 Å². The van der Waals surface area contributed by atoms with E-state index >= 15 is 0 Å². The van der Waals surface area contributed by atoms with E-state index in [-0.39, 0.29) is 77.9 Å². The van der Waals surface area contributed by atoms with Gasteiger partial charge in [0.2, 0.25) is 23.9 Å². The molecular formula is C45H63N12O18P2S-5. The van der Waals surface area contributed by atoms with Crippen LogP contribution >= 0.6 is 27.4 Å². The lowest BCUT2D eigenvalue weighted by Crippen LogP contribution is -2.55. The van der Waals surface area contributed by atoms with Crippen molar-refractivity contribution in [3.63, 3.8) is 0 Å². The molecule has 432 valence electrons. The molecule has 0 saturated carbocycles. The Hall–Kier alpha value is -4.98. The quantitative estimate of drug-likeness (QED) is 0.0133. The van der Waals surface area contributed by atoms with E-state index < -0.39 is 83.8 Å². The summed E-state index contributed by atoms with van der Waals surface area (Å²) in [4.78, 5) is 97.5. The zero-order chi connectivity index (χ0) is 56.0. The van der Waals surface area contributed by atoms with Gasteiger partial charge in [-0.3, -0.25) is 32.9 Å². The maximum Gasteiger partial charge on any atom is 0.315 e. The van der Waals surface area contributed by atoms with Crippen LogP contribution < -0.4 is 72.4 Å². The van der Waals surface area contributed by atoms with E-state index in [1.54, 1.807) is 0 Å². The molecule has 30 nitrogen and oxygen atoms in total. The molecule has 0 spiro atoms. The van der Waals surface area contributed by atoms with Crippen LogP contribution in [0.5, 0.6) is 0 Å². The summed E-state index contributed by atoms with van der Waals surface area (Å²) in [7, 11) is -11.7. The van der Waals surface area contributed by atoms with Gasteiger partial charge in [0, 0.05) is 62.5 Å². The lowest BCUT2D eigenvalue weighted by atomic mass is 10.0. The molecule has 33 heteroatoms. The number of phosphoric acid groups is 2. The van der Waals surface area contributed by atoms with Crippen LogP contribution in [-0.4, -0.2) is 148 Å². The van der Waals surface area contributed by atoms with Crippen molar-refractivity contribution in [2.24, 2.45) is 5.73 Å². The summed E-state index contributed by atoms with van der Waals surface area (Å²) in [6.45, 7) is -0.813. The molecule has 7 heterocycles. The normalized spacial score (nSPS) is 27.1. The van der Waals surface area contributed by atoms with Crippen LogP contribution in [0.4, 0.5) is 10.6 Å². The van der Waals surface area contributed by atoms with E-state index in [1.807, 2.05) is 11.8 Å². The molecule has 3 aromatic rings. The van der Waals surface area contributed by atoms with Crippen molar-refractivity contribution >= 4 is 74.0 Å². The number of urea groups is 1. The maximum absolute atomic E-state index is 13.1. The number of carbonyl (C=O) groups is 5. The Morgan fingerprint density at radius 3 is 2.05 bits per heavy atom. The summed E-state index contributed by atoms with van der Waals surface area (Å²) < 4.78 is 51.3. The van der Waals surface area contributed by atoms with Crippen molar-refractivity contribution in [2.75, 3.05) is 50.5 Å². The molecule has 13 atom stereocenters. The minimum absolute atomic E-state index is 0.0185. The molecule has 4 aliphatic rings. The number of carbonyl (C=O) groups excluding carboxylic acids is 5. The Labute approximate surface area is 451 Å². The molecule has 4 saturated heterocycles. The van der Waals surface area contributed by atoms with Gasteiger partial charge in [-0.1, -0.05) is 25.4 Å². The number of hydrogen-bond acceptors (Lipinski definition) is 23. The number of amides is 6. The number of fused-ring (bicyclic) bond motifs is 2. The van der Waals surface area contributed by atoms with Crippen molar-refractivity contribution in [1.82, 2.24) is 46.1 Å². The van der Waals surface area contributed by atoms with Gasteiger partial charge in [-0.05, 0) is 50.7 Å². The number of ether oxygens (including phenoxy) is 2. The Morgan fingerprint density at radius 1 is 0.782 bits per heavy atom. The van der Waals surface area contributed by atoms with Crippen molar-refractivity contribution < 1.29 is 90.7 Å². The Morgan fingerprint density at radius 2 is 1.40 bits per heavy atom. The van der Waals surface area contributed by atoms with Gasteiger partial charge in [0.1, 0.15) is 18.1 Å². The number of nitrogens with zero attached hydrogens (tertiary/aromatic N) is 5. The largest absolute Gasteiger partial charge is 0.851 e. The number of pyridine rings is 1. The Balaban J connectivity index is 0.716. The van der Waals surface area contributed by atoms with Gasteiger partial charge in [0.05, 0.1) is 43.8 Å². The number of imidazole rings is 1. The third-order valence-electron chi connectivity index (χ3n) is 13.2. The SMILES string of the molecule is NC(=O)c1ccc[n+]([C@@H]2O[C@H](COP(=O)([O-])OP(=O)([O-])OC[C@H]3O[C@@H](n4cnc5c(NCCNC(=O)CCCCCNC(=O)CCCCCNC(=O)CCCC[C@@H]6SC[C@@H]7NC(=O)N[C@@H]76)ncnc54)[C@H]([O-])[C@@H]3[O-])[C@@H]([O-])[C@H]2[O-])c1. The van der Waals surface area contributed by atoms with Gasteiger partial charge in [0.25, 0.3) is 21.6 Å². The molecule has 2 unspecified atom stereocenters. The molecule has 4 aliphatic heterocycles. The van der Waals surface area contributed by atoms with Gasteiger partial charge in [0.15, 0.2) is 29.4 Å². The molecule has 7 rings (SSSR count). The molecule has 0 aliphatic carbocycles. The molecule has 0 radical (unpaired) electrons. The molecule has 0 aromatic carbocycles. The first-order valence-corrected chi connectivity index (χ1v) is 29.5. The third kappa shape index (κ3) is 17.0. The predicted molar refractivity (Wildman–Crippen MR) is 260 cm³/mol. The van der Waals surface area contributed by atoms with Crippen molar-refractivity contribution in [2.45, 2.75) is 143 Å². The highest BCUT2D eigenvalue weighted by Gasteiger charge is 2.43. The monoisotopic (exact) mass is 1150 g/mol. The highest BCUT2D eigenvalue weighted by Crippen LogP contribution is 2.56. The average Bonchev–Trinajstić information content (AvgIpc) is 4.35. The Kier molecular flexibility index (Phi) is 22.1. The molecular weight excluding hydrogens is 1090 g/mol. The first-order chi connectivity index (χ1) is 37.3. The number of aromatic nitrogens is 5. The van der Waals surface area contributed by atoms with Gasteiger partial charge in [-0.15, -0.1) is 12.2 Å². The highest BCUT2D eigenvalue weighted by molar-refractivity contribution is 8.00. The smallest absolute Gasteiger partial charge is 0.315 e. The highest BCUT2D eigenvalue weighted by atomic mass is 32.2. The lowest BCUT2D eigenvalue weighted by Gasteiger charge is -2.35. The van der Waals surface area contributed by atoms with Crippen LogP contribution in [0.15, 0.2) is 37.2 Å². The molecule has 6 amide bonds. The van der Waals surface area contributed by atoms with Crippen LogP contribution in [0.2, 0.25) is 0 Å². The van der Waals surface area contributed by atoms with E-state index in [4.69, 9.17) is 15.2 Å². The van der Waals surface area contributed by atoms with Crippen LogP contribution in [0, 0.1) is 0 Å². The van der Waals surface area contributed by atoms with Gasteiger partial charge < -0.3 is 86.4 Å². The molecule has 8 N–H and O–H groups in total. The van der Waals surface area contributed by atoms with Gasteiger partial charge in [-0.25, -0.2) is 24.1 Å². The summed E-state index contributed by atoms with van der Waals surface area (Å²) >= 11 is 1.87. The molecule has 3 aromatic heterocycles. The standard InChI is InChI=1S/C45H65N12O18P2S/c46-40(65)26-10-9-19-56(20-26)43-38(63)36(61)28(73-43)21-71-76(67,68)75-77(69,70)72-22-29-37(62)39(64)44(74-29)57-25-53-35-41(51-24-52-42(35)57)50-18-17-49-33(60)13-4-2-8-15-47-31(58)12-3-1-7-16-48-32(59)14-6-5-11-30-34-27(23-78-30)54-45(66)55-34/h9-10,19-20,24-25,27-30,34,36-39,43-44H,1-8,11-18,21-23H2,(H2,46,65)(H,47,58)(H,48,59)(H,49,60)(H,67,68)(H,69,70)(H,50,51,52)(H2,54,55,66)/q-3/p-2/t27-,28+,29+,30-,34-,36+,37+,38+,39+,43+,44+/m0/s1. The topological polar surface area (TPSA) is 450 Å². The number of anilines is 1. The Bertz CT molecular complexity index is 2650. The van der Waals surface area contributed by atoms with E-state index in [1.165, 1.54) is 18.3 Å². The summed E-state index contributed by atoms with van der Waals surface area (Å²) in [6.07, 6.45) is -1.92. The number of nitrogens with two attached hydrogens (primary N) is 1. The summed E-state index contributed by atoms with van der Waals surface area (Å²) in [5.74, 6) is 0.104. The molecule has 4 fully saturated rings. The van der Waals surface area contributed by atoms with Gasteiger partial charge >= 0.3 is 6.03 Å². The van der Waals surface area contributed by atoms with E-state index in [2.05, 4.69) is 60.2 Å². The summed E-state index contributed by atoms with van der Waals surface area (Å²) in [6, 6.07) is 2.98. The first-order valence-electron chi connectivity index (χ1n) is 25.6. The second-order valence-electron chi connectivity index (χ2n) is 19.0. The van der Waals surface area contributed by atoms with Crippen molar-refractivity contribution in [1.29, 1.82) is 0 Å². The second-order valence-corrected chi connectivity index (χ2v) is 23.2. The maximum atomic E-state index is 13.1. The van der Waals surface area contributed by atoms with Crippen LogP contribution in [0.25, 0.3) is 11.2 Å². The fourth-order valence-electron chi connectivity index (χ4n) is 9.16. The minimum atomic E-state index is -5.85. The number of phosphoric ester groups is 2.